The Hall–Kier alpha value is -0.870. The topological polar surface area (TPSA) is 38.8 Å². The van der Waals surface area contributed by atoms with Crippen molar-refractivity contribution in [1.29, 1.82) is 0 Å². The molecule has 0 N–H and O–H groups in total. The number of likely N-dealkylation sites (tertiary alicyclic amines) is 1. The van der Waals surface area contributed by atoms with Crippen LogP contribution in [0.1, 0.15) is 32.1 Å². The third-order valence-electron chi connectivity index (χ3n) is 4.34. The monoisotopic (exact) mass is 251 g/mol. The van der Waals surface area contributed by atoms with Crippen LogP contribution in [-0.2, 0) is 14.3 Å². The van der Waals surface area contributed by atoms with E-state index in [0.717, 1.165) is 57.4 Å². The van der Waals surface area contributed by atoms with Crippen LogP contribution in [0.25, 0.3) is 0 Å². The van der Waals surface area contributed by atoms with Gasteiger partial charge in [0.1, 0.15) is 5.60 Å². The van der Waals surface area contributed by atoms with E-state index in [1.54, 1.807) is 7.11 Å². The van der Waals surface area contributed by atoms with Crippen LogP contribution in [0.3, 0.4) is 0 Å². The molecule has 2 fully saturated rings. The normalized spacial score (nSPS) is 30.2. The number of carbonyl (C=O) groups is 1. The number of hydrogen-bond donors (Lipinski definition) is 0. The van der Waals surface area contributed by atoms with Crippen molar-refractivity contribution in [3.05, 3.63) is 11.6 Å². The zero-order chi connectivity index (χ0) is 12.6. The van der Waals surface area contributed by atoms with Crippen LogP contribution >= 0.6 is 0 Å². The minimum absolute atomic E-state index is 0.117. The van der Waals surface area contributed by atoms with Gasteiger partial charge in [0.05, 0.1) is 19.2 Å². The Kier molecular flexibility index (Phi) is 3.16. The minimum Gasteiger partial charge on any atom is -0.381 e. The summed E-state index contributed by atoms with van der Waals surface area (Å²) in [7, 11) is 1.76. The Balaban J connectivity index is 1.57. The molecular formula is C14H21NO3. The second kappa shape index (κ2) is 4.67. The quantitative estimate of drug-likeness (QED) is 0.746. The van der Waals surface area contributed by atoms with E-state index in [0.29, 0.717) is 6.10 Å². The molecule has 1 spiro atoms. The number of methoxy groups -OCH3 is 1. The Bertz CT molecular complexity index is 371. The van der Waals surface area contributed by atoms with Crippen molar-refractivity contribution >= 4 is 5.91 Å². The lowest BCUT2D eigenvalue weighted by molar-refractivity contribution is -0.196. The first kappa shape index (κ1) is 12.2. The van der Waals surface area contributed by atoms with E-state index >= 15 is 0 Å². The molecule has 18 heavy (non-hydrogen) atoms. The van der Waals surface area contributed by atoms with Crippen molar-refractivity contribution in [2.75, 3.05) is 26.8 Å². The highest BCUT2D eigenvalue weighted by Gasteiger charge is 2.49. The highest BCUT2D eigenvalue weighted by Crippen LogP contribution is 2.36. The molecule has 2 heterocycles. The number of nitrogens with zero attached hydrogens (tertiary/aromatic N) is 1. The molecule has 0 bridgehead atoms. The van der Waals surface area contributed by atoms with E-state index in [1.807, 2.05) is 4.90 Å². The number of hydrogen-bond acceptors (Lipinski definition) is 3. The van der Waals surface area contributed by atoms with Gasteiger partial charge in [0.2, 0.25) is 5.91 Å². The van der Waals surface area contributed by atoms with Crippen molar-refractivity contribution in [2.24, 2.45) is 0 Å². The average molecular weight is 251 g/mol. The van der Waals surface area contributed by atoms with Gasteiger partial charge in [-0.25, -0.2) is 0 Å². The van der Waals surface area contributed by atoms with Gasteiger partial charge in [-0.05, 0) is 25.7 Å². The van der Waals surface area contributed by atoms with Crippen LogP contribution in [0.2, 0.25) is 0 Å². The van der Waals surface area contributed by atoms with Crippen LogP contribution in [0.5, 0.6) is 0 Å². The Labute approximate surface area is 108 Å². The summed E-state index contributed by atoms with van der Waals surface area (Å²) in [6, 6.07) is 0. The van der Waals surface area contributed by atoms with Crippen molar-refractivity contribution < 1.29 is 14.3 Å². The van der Waals surface area contributed by atoms with Crippen molar-refractivity contribution in [3.63, 3.8) is 0 Å². The van der Waals surface area contributed by atoms with Crippen LogP contribution in [0, 0.1) is 0 Å². The second-order valence-electron chi connectivity index (χ2n) is 5.66. The van der Waals surface area contributed by atoms with Gasteiger partial charge in [0, 0.05) is 25.7 Å². The summed E-state index contributed by atoms with van der Waals surface area (Å²) in [5.74, 6) is 0.223. The van der Waals surface area contributed by atoms with Crippen molar-refractivity contribution in [2.45, 2.75) is 43.8 Å². The fourth-order valence-electron chi connectivity index (χ4n) is 3.27. The number of carbonyl (C=O) groups excluding carboxylic acids is 1. The number of rotatable bonds is 2. The molecule has 2 saturated heterocycles. The lowest BCUT2D eigenvalue weighted by atomic mass is 9.84. The lowest BCUT2D eigenvalue weighted by Crippen LogP contribution is -2.67. The van der Waals surface area contributed by atoms with Gasteiger partial charge in [-0.3, -0.25) is 4.79 Å². The summed E-state index contributed by atoms with van der Waals surface area (Å²) in [5.41, 5.74) is 0.886. The highest BCUT2D eigenvalue weighted by molar-refractivity contribution is 5.94. The second-order valence-corrected chi connectivity index (χ2v) is 5.66. The third-order valence-corrected chi connectivity index (χ3v) is 4.34. The summed E-state index contributed by atoms with van der Waals surface area (Å²) in [6.45, 7) is 2.23. The summed E-state index contributed by atoms with van der Waals surface area (Å²) in [4.78, 5) is 14.1. The highest BCUT2D eigenvalue weighted by atomic mass is 16.5. The van der Waals surface area contributed by atoms with Crippen LogP contribution in [0.4, 0.5) is 0 Å². The lowest BCUT2D eigenvalue weighted by Gasteiger charge is -2.53. The molecule has 3 aliphatic rings. The maximum Gasteiger partial charge on any atom is 0.249 e. The first-order valence-electron chi connectivity index (χ1n) is 6.87. The predicted octanol–water partition coefficient (Wildman–Crippen LogP) is 1.50. The molecule has 4 nitrogen and oxygen atoms in total. The molecule has 0 saturated carbocycles. The molecule has 1 amide bonds. The van der Waals surface area contributed by atoms with E-state index in [-0.39, 0.29) is 11.5 Å². The van der Waals surface area contributed by atoms with Crippen molar-refractivity contribution in [1.82, 2.24) is 4.90 Å². The smallest absolute Gasteiger partial charge is 0.249 e. The van der Waals surface area contributed by atoms with E-state index in [1.165, 1.54) is 0 Å². The first-order valence-corrected chi connectivity index (χ1v) is 6.87. The SMILES string of the molecule is CO[C@@H]1CCOC2(C1)CN(C(=O)C1=CCCC1)C2. The number of allylic oxidation sites excluding steroid dienone is 1. The van der Waals surface area contributed by atoms with Gasteiger partial charge in [0.15, 0.2) is 0 Å². The van der Waals surface area contributed by atoms with Crippen LogP contribution < -0.4 is 0 Å². The molecular weight excluding hydrogens is 230 g/mol. The molecule has 4 heteroatoms. The number of amides is 1. The standard InChI is InChI=1S/C14H21NO3/c1-17-12-6-7-18-14(8-12)9-15(10-14)13(16)11-4-2-3-5-11/h4,12H,2-3,5-10H2,1H3/t12-/m1/s1. The average Bonchev–Trinajstić information content (AvgIpc) is 2.89. The van der Waals surface area contributed by atoms with Gasteiger partial charge >= 0.3 is 0 Å². The zero-order valence-corrected chi connectivity index (χ0v) is 11.0. The molecule has 0 radical (unpaired) electrons. The van der Waals surface area contributed by atoms with E-state index in [4.69, 9.17) is 9.47 Å². The maximum atomic E-state index is 12.2. The van der Waals surface area contributed by atoms with Crippen LogP contribution in [-0.4, -0.2) is 49.3 Å². The molecule has 1 atom stereocenters. The number of ether oxygens (including phenoxy) is 2. The van der Waals surface area contributed by atoms with Gasteiger partial charge in [-0.2, -0.15) is 0 Å². The van der Waals surface area contributed by atoms with Gasteiger partial charge in [-0.1, -0.05) is 6.08 Å². The van der Waals surface area contributed by atoms with E-state index in [2.05, 4.69) is 6.08 Å². The summed E-state index contributed by atoms with van der Waals surface area (Å²) in [6.07, 6.45) is 7.41. The Morgan fingerprint density at radius 3 is 3.06 bits per heavy atom. The fourth-order valence-corrected chi connectivity index (χ4v) is 3.27. The predicted molar refractivity (Wildman–Crippen MR) is 67.2 cm³/mol. The molecule has 100 valence electrons. The van der Waals surface area contributed by atoms with Gasteiger partial charge in [0.25, 0.3) is 0 Å². The molecule has 0 unspecified atom stereocenters. The molecule has 0 aromatic carbocycles. The van der Waals surface area contributed by atoms with Crippen molar-refractivity contribution in [3.8, 4) is 0 Å². The summed E-state index contributed by atoms with van der Waals surface area (Å²) < 4.78 is 11.3. The van der Waals surface area contributed by atoms with Crippen LogP contribution in [0.15, 0.2) is 11.6 Å². The van der Waals surface area contributed by atoms with E-state index < -0.39 is 0 Å². The summed E-state index contributed by atoms with van der Waals surface area (Å²) >= 11 is 0. The molecule has 1 aliphatic carbocycles. The van der Waals surface area contributed by atoms with E-state index in [9.17, 15) is 4.79 Å². The maximum absolute atomic E-state index is 12.2. The largest absolute Gasteiger partial charge is 0.381 e. The fraction of sp³-hybridized carbons (Fsp3) is 0.786. The Morgan fingerprint density at radius 2 is 2.39 bits per heavy atom. The molecule has 2 aliphatic heterocycles. The molecule has 0 aromatic rings. The first-order chi connectivity index (χ1) is 8.72. The molecule has 0 aromatic heterocycles. The molecule has 3 rings (SSSR count). The third kappa shape index (κ3) is 2.08. The Morgan fingerprint density at radius 1 is 1.56 bits per heavy atom. The minimum atomic E-state index is -0.117. The van der Waals surface area contributed by atoms with Gasteiger partial charge < -0.3 is 14.4 Å². The van der Waals surface area contributed by atoms with Gasteiger partial charge in [-0.15, -0.1) is 0 Å². The zero-order valence-electron chi connectivity index (χ0n) is 11.0. The summed E-state index contributed by atoms with van der Waals surface area (Å²) in [5, 5.41) is 0.